The van der Waals surface area contributed by atoms with Crippen molar-refractivity contribution in [3.8, 4) is 11.1 Å². The molecular weight excluding hydrogens is 583 g/mol. The number of fused-ring (bicyclic) bond motifs is 1. The molecule has 3 heteroatoms. The van der Waals surface area contributed by atoms with E-state index < -0.39 is 0 Å². The van der Waals surface area contributed by atoms with Crippen molar-refractivity contribution in [3.05, 3.63) is 184 Å². The Morgan fingerprint density at radius 1 is 0.521 bits per heavy atom. The van der Waals surface area contributed by atoms with Gasteiger partial charge in [0.25, 0.3) is 0 Å². The Morgan fingerprint density at radius 3 is 1.62 bits per heavy atom. The standard InChI is InChI=1S/C45H41N3/c1-29-24-31(3)43(32(4)25-29)45(44-33(5)26-30(2)27-34(44)6)40-20-21-41(39-15-11-10-14-38(39)40)48(42-28-46-22-23-47-42)37-18-16-36(17-19-37)35-12-8-7-9-13-35/h7-28,45H,1-6H3. The number of anilines is 3. The highest BCUT2D eigenvalue weighted by molar-refractivity contribution is 6.01. The molecule has 6 aromatic carbocycles. The van der Waals surface area contributed by atoms with E-state index in [4.69, 9.17) is 4.98 Å². The number of hydrogen-bond donors (Lipinski definition) is 0. The lowest BCUT2D eigenvalue weighted by Crippen LogP contribution is -2.14. The number of aromatic nitrogens is 2. The van der Waals surface area contributed by atoms with Gasteiger partial charge >= 0.3 is 0 Å². The van der Waals surface area contributed by atoms with Crippen LogP contribution < -0.4 is 4.90 Å². The van der Waals surface area contributed by atoms with Gasteiger partial charge in [-0.1, -0.05) is 108 Å². The average molecular weight is 624 g/mol. The van der Waals surface area contributed by atoms with Crippen LogP contribution >= 0.6 is 0 Å². The minimum atomic E-state index is 0.0697. The number of hydrogen-bond acceptors (Lipinski definition) is 3. The van der Waals surface area contributed by atoms with Crippen LogP contribution in [0.5, 0.6) is 0 Å². The van der Waals surface area contributed by atoms with Crippen molar-refractivity contribution in [2.24, 2.45) is 0 Å². The smallest absolute Gasteiger partial charge is 0.156 e. The third-order valence-corrected chi connectivity index (χ3v) is 9.55. The van der Waals surface area contributed by atoms with Crippen LogP contribution in [-0.4, -0.2) is 9.97 Å². The molecule has 0 spiro atoms. The molecule has 0 fully saturated rings. The first-order valence-electron chi connectivity index (χ1n) is 16.7. The normalized spacial score (nSPS) is 11.3. The molecule has 0 aliphatic rings. The van der Waals surface area contributed by atoms with Gasteiger partial charge in [0.1, 0.15) is 0 Å². The fourth-order valence-electron chi connectivity index (χ4n) is 7.74. The Labute approximate surface area is 284 Å². The van der Waals surface area contributed by atoms with E-state index in [1.54, 1.807) is 12.4 Å². The first-order valence-corrected chi connectivity index (χ1v) is 16.7. The third-order valence-electron chi connectivity index (χ3n) is 9.55. The summed E-state index contributed by atoms with van der Waals surface area (Å²) in [5.41, 5.74) is 16.4. The zero-order valence-electron chi connectivity index (χ0n) is 28.6. The molecule has 7 aromatic rings. The molecule has 0 saturated carbocycles. The van der Waals surface area contributed by atoms with Gasteiger partial charge in [0.2, 0.25) is 0 Å². The van der Waals surface area contributed by atoms with E-state index in [1.165, 1.54) is 72.0 Å². The molecule has 0 radical (unpaired) electrons. The molecule has 0 aliphatic carbocycles. The second-order valence-corrected chi connectivity index (χ2v) is 13.1. The van der Waals surface area contributed by atoms with E-state index in [0.29, 0.717) is 0 Å². The molecular formula is C45H41N3. The molecule has 0 amide bonds. The van der Waals surface area contributed by atoms with Gasteiger partial charge in [0.05, 0.1) is 11.9 Å². The van der Waals surface area contributed by atoms with Gasteiger partial charge in [-0.3, -0.25) is 9.88 Å². The van der Waals surface area contributed by atoms with E-state index in [0.717, 1.165) is 17.2 Å². The van der Waals surface area contributed by atoms with E-state index >= 15 is 0 Å². The van der Waals surface area contributed by atoms with E-state index in [9.17, 15) is 0 Å². The molecule has 0 saturated heterocycles. The Hall–Kier alpha value is -5.54. The second kappa shape index (κ2) is 12.9. The van der Waals surface area contributed by atoms with Crippen LogP contribution in [0.4, 0.5) is 17.2 Å². The largest absolute Gasteiger partial charge is 0.293 e. The molecule has 0 unspecified atom stereocenters. The van der Waals surface area contributed by atoms with E-state index in [2.05, 4.69) is 167 Å². The predicted molar refractivity (Wildman–Crippen MR) is 202 cm³/mol. The zero-order valence-corrected chi connectivity index (χ0v) is 28.6. The average Bonchev–Trinajstić information content (AvgIpc) is 3.08. The monoisotopic (exact) mass is 623 g/mol. The Morgan fingerprint density at radius 2 is 1.06 bits per heavy atom. The summed E-state index contributed by atoms with van der Waals surface area (Å²) in [5, 5.41) is 2.40. The molecule has 0 atom stereocenters. The van der Waals surface area contributed by atoms with Gasteiger partial charge in [0, 0.05) is 29.4 Å². The fraction of sp³-hybridized carbons (Fsp3) is 0.156. The molecule has 48 heavy (non-hydrogen) atoms. The second-order valence-electron chi connectivity index (χ2n) is 13.1. The summed E-state index contributed by atoms with van der Waals surface area (Å²) in [6.45, 7) is 13.5. The van der Waals surface area contributed by atoms with Crippen LogP contribution in [0.3, 0.4) is 0 Å². The summed E-state index contributed by atoms with van der Waals surface area (Å²) in [7, 11) is 0. The lowest BCUT2D eigenvalue weighted by atomic mass is 9.75. The number of aryl methyl sites for hydroxylation is 6. The van der Waals surface area contributed by atoms with Gasteiger partial charge < -0.3 is 0 Å². The first kappa shape index (κ1) is 31.1. The van der Waals surface area contributed by atoms with Crippen LogP contribution in [0.1, 0.15) is 56.0 Å². The summed E-state index contributed by atoms with van der Waals surface area (Å²) in [6.07, 6.45) is 5.33. The topological polar surface area (TPSA) is 29.0 Å². The summed E-state index contributed by atoms with van der Waals surface area (Å²) in [5.74, 6) is 0.843. The summed E-state index contributed by atoms with van der Waals surface area (Å²) >= 11 is 0. The van der Waals surface area contributed by atoms with Crippen LogP contribution in [-0.2, 0) is 0 Å². The number of benzene rings is 6. The van der Waals surface area contributed by atoms with Crippen molar-refractivity contribution >= 4 is 28.0 Å². The first-order chi connectivity index (χ1) is 23.3. The molecule has 0 aliphatic heterocycles. The molecule has 236 valence electrons. The van der Waals surface area contributed by atoms with Crippen LogP contribution in [0, 0.1) is 41.5 Å². The van der Waals surface area contributed by atoms with Crippen LogP contribution in [0.2, 0.25) is 0 Å². The summed E-state index contributed by atoms with van der Waals surface area (Å²) in [4.78, 5) is 11.5. The van der Waals surface area contributed by atoms with Crippen molar-refractivity contribution in [3.63, 3.8) is 0 Å². The Bertz CT molecular complexity index is 2130. The lowest BCUT2D eigenvalue weighted by Gasteiger charge is -2.30. The Balaban J connectivity index is 1.47. The zero-order chi connectivity index (χ0) is 33.4. The molecule has 7 rings (SSSR count). The quantitative estimate of drug-likeness (QED) is 0.165. The van der Waals surface area contributed by atoms with Crippen molar-refractivity contribution in [2.75, 3.05) is 4.90 Å². The maximum absolute atomic E-state index is 4.80. The fourth-order valence-corrected chi connectivity index (χ4v) is 7.74. The van der Waals surface area contributed by atoms with Crippen molar-refractivity contribution < 1.29 is 0 Å². The van der Waals surface area contributed by atoms with Crippen molar-refractivity contribution in [1.82, 2.24) is 9.97 Å². The molecule has 0 bridgehead atoms. The number of nitrogens with zero attached hydrogens (tertiary/aromatic N) is 3. The summed E-state index contributed by atoms with van der Waals surface area (Å²) < 4.78 is 0. The maximum Gasteiger partial charge on any atom is 0.156 e. The van der Waals surface area contributed by atoms with E-state index in [-0.39, 0.29) is 5.92 Å². The SMILES string of the molecule is Cc1cc(C)c(C(c2c(C)cc(C)cc2C)c2ccc(N(c3ccc(-c4ccccc4)cc3)c3cnccn3)c3ccccc23)c(C)c1. The van der Waals surface area contributed by atoms with Gasteiger partial charge in [-0.15, -0.1) is 0 Å². The van der Waals surface area contributed by atoms with E-state index in [1.807, 2.05) is 6.20 Å². The van der Waals surface area contributed by atoms with Crippen LogP contribution in [0.15, 0.2) is 134 Å². The van der Waals surface area contributed by atoms with Gasteiger partial charge in [-0.2, -0.15) is 0 Å². The molecule has 0 N–H and O–H groups in total. The van der Waals surface area contributed by atoms with Crippen LogP contribution in [0.25, 0.3) is 21.9 Å². The van der Waals surface area contributed by atoms with Crippen molar-refractivity contribution in [2.45, 2.75) is 47.5 Å². The van der Waals surface area contributed by atoms with Crippen molar-refractivity contribution in [1.29, 1.82) is 0 Å². The molecule has 3 nitrogen and oxygen atoms in total. The molecule has 1 heterocycles. The molecule has 1 aromatic heterocycles. The predicted octanol–water partition coefficient (Wildman–Crippen LogP) is 11.8. The van der Waals surface area contributed by atoms with Gasteiger partial charge in [-0.05, 0) is 115 Å². The highest BCUT2D eigenvalue weighted by Crippen LogP contribution is 2.46. The van der Waals surface area contributed by atoms with Gasteiger partial charge in [-0.25, -0.2) is 4.98 Å². The highest BCUT2D eigenvalue weighted by atomic mass is 15.2. The maximum atomic E-state index is 4.80. The minimum absolute atomic E-state index is 0.0697. The highest BCUT2D eigenvalue weighted by Gasteiger charge is 2.27. The minimum Gasteiger partial charge on any atom is -0.293 e. The third kappa shape index (κ3) is 5.77. The lowest BCUT2D eigenvalue weighted by molar-refractivity contribution is 0.928. The summed E-state index contributed by atoms with van der Waals surface area (Å²) in [6, 6.07) is 42.0. The van der Waals surface area contributed by atoms with Gasteiger partial charge in [0.15, 0.2) is 5.82 Å². The number of rotatable bonds is 7. The Kier molecular flexibility index (Phi) is 8.37.